The van der Waals surface area contributed by atoms with Crippen LogP contribution >= 0.6 is 0 Å². The molecule has 2 heterocycles. The van der Waals surface area contributed by atoms with E-state index in [2.05, 4.69) is 12.2 Å². The molecule has 1 aromatic rings. The number of nitrogens with zero attached hydrogens (tertiary/aromatic N) is 1. The zero-order valence-corrected chi connectivity index (χ0v) is 17.9. The molecule has 168 valence electrons. The maximum absolute atomic E-state index is 13.6. The van der Waals surface area contributed by atoms with Crippen LogP contribution < -0.4 is 14.8 Å². The average Bonchev–Trinajstić information content (AvgIpc) is 3.17. The van der Waals surface area contributed by atoms with Crippen molar-refractivity contribution in [3.05, 3.63) is 23.8 Å². The SMILES string of the molecule is CCCCCCCC(=O)N[C@H](CN1CCC(F)C1)[C@H](O)c1ccc2c(c1)OCCO2. The van der Waals surface area contributed by atoms with Gasteiger partial charge in [0.15, 0.2) is 11.5 Å². The van der Waals surface area contributed by atoms with Crippen LogP contribution in [-0.2, 0) is 4.79 Å². The molecule has 30 heavy (non-hydrogen) atoms. The molecule has 0 aromatic heterocycles. The third kappa shape index (κ3) is 6.57. The van der Waals surface area contributed by atoms with E-state index in [0.29, 0.717) is 62.8 Å². The van der Waals surface area contributed by atoms with Crippen LogP contribution in [0.2, 0.25) is 0 Å². The molecule has 2 aliphatic rings. The first kappa shape index (κ1) is 22.8. The van der Waals surface area contributed by atoms with Crippen LogP contribution in [0.4, 0.5) is 4.39 Å². The number of aliphatic hydroxyl groups is 1. The van der Waals surface area contributed by atoms with Crippen molar-refractivity contribution in [1.82, 2.24) is 10.2 Å². The highest BCUT2D eigenvalue weighted by Gasteiger charge is 2.30. The molecule has 0 saturated carbocycles. The summed E-state index contributed by atoms with van der Waals surface area (Å²) < 4.78 is 24.8. The third-order valence-electron chi connectivity index (χ3n) is 5.81. The van der Waals surface area contributed by atoms with Crippen molar-refractivity contribution >= 4 is 5.91 Å². The minimum atomic E-state index is -0.913. The molecular weight excluding hydrogens is 387 g/mol. The Kier molecular flexibility index (Phi) is 8.75. The van der Waals surface area contributed by atoms with Gasteiger partial charge in [0.25, 0.3) is 0 Å². The van der Waals surface area contributed by atoms with Crippen LogP contribution in [0.15, 0.2) is 18.2 Å². The lowest BCUT2D eigenvalue weighted by atomic mass is 10.0. The molecule has 1 saturated heterocycles. The number of halogens is 1. The van der Waals surface area contributed by atoms with Crippen LogP contribution in [0.3, 0.4) is 0 Å². The van der Waals surface area contributed by atoms with Gasteiger partial charge in [-0.05, 0) is 30.5 Å². The van der Waals surface area contributed by atoms with E-state index >= 15 is 0 Å². The van der Waals surface area contributed by atoms with Crippen molar-refractivity contribution in [1.29, 1.82) is 0 Å². The fourth-order valence-corrected chi connectivity index (χ4v) is 4.10. The molecule has 7 heteroatoms. The monoisotopic (exact) mass is 422 g/mol. The molecule has 1 fully saturated rings. The van der Waals surface area contributed by atoms with Crippen molar-refractivity contribution in [2.45, 2.75) is 70.2 Å². The predicted molar refractivity (Wildman–Crippen MR) is 114 cm³/mol. The second kappa shape index (κ2) is 11.5. The number of likely N-dealkylation sites (tertiary alicyclic amines) is 1. The molecule has 1 aromatic carbocycles. The van der Waals surface area contributed by atoms with Gasteiger partial charge in [0.1, 0.15) is 25.5 Å². The summed E-state index contributed by atoms with van der Waals surface area (Å²) in [6.07, 6.45) is 4.56. The molecule has 2 N–H and O–H groups in total. The number of rotatable bonds is 11. The van der Waals surface area contributed by atoms with Gasteiger partial charge in [-0.15, -0.1) is 0 Å². The lowest BCUT2D eigenvalue weighted by Crippen LogP contribution is -2.46. The van der Waals surface area contributed by atoms with Crippen molar-refractivity contribution < 1.29 is 23.8 Å². The first-order valence-electron chi connectivity index (χ1n) is 11.3. The van der Waals surface area contributed by atoms with E-state index in [-0.39, 0.29) is 5.91 Å². The number of fused-ring (bicyclic) bond motifs is 1. The Hall–Kier alpha value is -1.86. The van der Waals surface area contributed by atoms with Gasteiger partial charge in [-0.2, -0.15) is 0 Å². The number of carbonyl (C=O) groups is 1. The number of hydrogen-bond acceptors (Lipinski definition) is 5. The summed E-state index contributed by atoms with van der Waals surface area (Å²) in [7, 11) is 0. The van der Waals surface area contributed by atoms with Crippen molar-refractivity contribution in [3.63, 3.8) is 0 Å². The number of ether oxygens (including phenoxy) is 2. The normalized spacial score (nSPS) is 20.7. The fraction of sp³-hybridized carbons (Fsp3) is 0.696. The highest BCUT2D eigenvalue weighted by molar-refractivity contribution is 5.76. The first-order valence-corrected chi connectivity index (χ1v) is 11.3. The maximum atomic E-state index is 13.6. The number of alkyl halides is 1. The van der Waals surface area contributed by atoms with Crippen LogP contribution in [0.25, 0.3) is 0 Å². The van der Waals surface area contributed by atoms with Gasteiger partial charge in [-0.3, -0.25) is 9.69 Å². The number of unbranched alkanes of at least 4 members (excludes halogenated alkanes) is 4. The summed E-state index contributed by atoms with van der Waals surface area (Å²) in [6, 6.07) is 4.84. The van der Waals surface area contributed by atoms with Crippen molar-refractivity contribution in [2.75, 3.05) is 32.8 Å². The molecule has 3 atom stereocenters. The van der Waals surface area contributed by atoms with E-state index in [0.717, 1.165) is 19.3 Å². The second-order valence-electron chi connectivity index (χ2n) is 8.33. The Morgan fingerprint density at radius 1 is 1.23 bits per heavy atom. The minimum absolute atomic E-state index is 0.0657. The van der Waals surface area contributed by atoms with Crippen LogP contribution in [0, 0.1) is 0 Å². The number of benzene rings is 1. The summed E-state index contributed by atoms with van der Waals surface area (Å²) in [6.45, 7) is 4.53. The molecule has 1 amide bonds. The minimum Gasteiger partial charge on any atom is -0.486 e. The molecule has 3 rings (SSSR count). The van der Waals surface area contributed by atoms with Gasteiger partial charge in [0, 0.05) is 26.1 Å². The molecular formula is C23H35FN2O4. The van der Waals surface area contributed by atoms with Crippen molar-refractivity contribution in [2.24, 2.45) is 0 Å². The molecule has 0 radical (unpaired) electrons. The molecule has 0 spiro atoms. The first-order chi connectivity index (χ1) is 14.6. The number of aliphatic hydroxyl groups excluding tert-OH is 1. The van der Waals surface area contributed by atoms with E-state index in [1.165, 1.54) is 12.8 Å². The van der Waals surface area contributed by atoms with E-state index < -0.39 is 18.3 Å². The molecule has 0 bridgehead atoms. The Bertz CT molecular complexity index is 687. The summed E-state index contributed by atoms with van der Waals surface area (Å²) in [5.74, 6) is 1.19. The topological polar surface area (TPSA) is 71.0 Å². The van der Waals surface area contributed by atoms with E-state index in [9.17, 15) is 14.3 Å². The van der Waals surface area contributed by atoms with E-state index in [4.69, 9.17) is 9.47 Å². The fourth-order valence-electron chi connectivity index (χ4n) is 4.10. The van der Waals surface area contributed by atoms with Crippen molar-refractivity contribution in [3.8, 4) is 11.5 Å². The average molecular weight is 423 g/mol. The van der Waals surface area contributed by atoms with Crippen LogP contribution in [0.5, 0.6) is 11.5 Å². The lowest BCUT2D eigenvalue weighted by molar-refractivity contribution is -0.123. The summed E-state index contributed by atoms with van der Waals surface area (Å²) in [5.41, 5.74) is 0.656. The Morgan fingerprint density at radius 2 is 2.00 bits per heavy atom. The summed E-state index contributed by atoms with van der Waals surface area (Å²) >= 11 is 0. The van der Waals surface area contributed by atoms with Gasteiger partial charge in [-0.25, -0.2) is 4.39 Å². The Morgan fingerprint density at radius 3 is 2.73 bits per heavy atom. The number of hydrogen-bond donors (Lipinski definition) is 2. The number of carbonyl (C=O) groups excluding carboxylic acids is 1. The van der Waals surface area contributed by atoms with Crippen LogP contribution in [-0.4, -0.2) is 61.0 Å². The standard InChI is InChI=1S/C23H35FN2O4/c1-2-3-4-5-6-7-22(27)25-19(16-26-11-10-18(24)15-26)23(28)17-8-9-20-21(14-17)30-13-12-29-20/h8-9,14,18-19,23,28H,2-7,10-13,15-16H2,1H3,(H,25,27)/t18?,19-,23-/m1/s1. The van der Waals surface area contributed by atoms with Gasteiger partial charge in [0.2, 0.25) is 5.91 Å². The quantitative estimate of drug-likeness (QED) is 0.535. The van der Waals surface area contributed by atoms with Gasteiger partial charge in [-0.1, -0.05) is 38.7 Å². The number of nitrogens with one attached hydrogen (secondary N) is 1. The molecule has 0 aliphatic carbocycles. The molecule has 2 aliphatic heterocycles. The van der Waals surface area contributed by atoms with E-state index in [1.807, 2.05) is 4.90 Å². The maximum Gasteiger partial charge on any atom is 0.220 e. The zero-order chi connectivity index (χ0) is 21.3. The molecule has 1 unspecified atom stereocenters. The second-order valence-corrected chi connectivity index (χ2v) is 8.33. The smallest absolute Gasteiger partial charge is 0.220 e. The third-order valence-corrected chi connectivity index (χ3v) is 5.81. The highest BCUT2D eigenvalue weighted by Crippen LogP contribution is 2.33. The lowest BCUT2D eigenvalue weighted by Gasteiger charge is -2.29. The summed E-state index contributed by atoms with van der Waals surface area (Å²) in [5, 5.41) is 14.1. The van der Waals surface area contributed by atoms with Crippen LogP contribution in [0.1, 0.15) is 63.5 Å². The Balaban J connectivity index is 1.63. The predicted octanol–water partition coefficient (Wildman–Crippen LogP) is 3.38. The zero-order valence-electron chi connectivity index (χ0n) is 17.9. The highest BCUT2D eigenvalue weighted by atomic mass is 19.1. The largest absolute Gasteiger partial charge is 0.486 e. The van der Waals surface area contributed by atoms with E-state index in [1.54, 1.807) is 18.2 Å². The Labute approximate surface area is 178 Å². The van der Waals surface area contributed by atoms with Gasteiger partial charge < -0.3 is 19.9 Å². The van der Waals surface area contributed by atoms with Gasteiger partial charge >= 0.3 is 0 Å². The summed E-state index contributed by atoms with van der Waals surface area (Å²) in [4.78, 5) is 14.5. The van der Waals surface area contributed by atoms with Gasteiger partial charge in [0.05, 0.1) is 6.04 Å². The number of amides is 1. The molecule has 6 nitrogen and oxygen atoms in total.